The van der Waals surface area contributed by atoms with Crippen LogP contribution in [0, 0.1) is 18.3 Å². The predicted octanol–water partition coefficient (Wildman–Crippen LogP) is 1.49. The number of rotatable bonds is 1. The third kappa shape index (κ3) is 1.56. The van der Waals surface area contributed by atoms with Crippen molar-refractivity contribution < 1.29 is 8.78 Å². The van der Waals surface area contributed by atoms with E-state index in [0.717, 1.165) is 6.20 Å². The Morgan fingerprint density at radius 3 is 2.69 bits per heavy atom. The normalized spacial score (nSPS) is 10.1. The number of aryl methyl sites for hydroxylation is 1. The molecule has 0 saturated heterocycles. The maximum atomic E-state index is 12.1. The number of nitriles is 1. The third-order valence-corrected chi connectivity index (χ3v) is 1.66. The summed E-state index contributed by atoms with van der Waals surface area (Å²) in [5.41, 5.74) is -1.51. The highest BCUT2D eigenvalue weighted by Gasteiger charge is 2.15. The number of pyridine rings is 1. The predicted molar refractivity (Wildman–Crippen MR) is 41.5 cm³/mol. The molecule has 0 spiro atoms. The van der Waals surface area contributed by atoms with Gasteiger partial charge in [-0.15, -0.1) is 0 Å². The SMILES string of the molecule is Cc1[nH]cc(C(F)F)c(=O)c1C#N. The van der Waals surface area contributed by atoms with Crippen molar-refractivity contribution >= 4 is 0 Å². The fourth-order valence-corrected chi connectivity index (χ4v) is 0.935. The van der Waals surface area contributed by atoms with Gasteiger partial charge in [-0.25, -0.2) is 8.78 Å². The second-order valence-corrected chi connectivity index (χ2v) is 2.49. The minimum absolute atomic E-state index is 0.252. The molecule has 3 nitrogen and oxygen atoms in total. The van der Waals surface area contributed by atoms with Gasteiger partial charge in [-0.3, -0.25) is 4.79 Å². The van der Waals surface area contributed by atoms with E-state index in [1.807, 2.05) is 0 Å². The molecule has 13 heavy (non-hydrogen) atoms. The van der Waals surface area contributed by atoms with E-state index in [1.54, 1.807) is 6.07 Å². The lowest BCUT2D eigenvalue weighted by molar-refractivity contribution is 0.149. The number of alkyl halides is 2. The fraction of sp³-hybridized carbons (Fsp3) is 0.250. The number of nitrogens with one attached hydrogen (secondary N) is 1. The highest BCUT2D eigenvalue weighted by atomic mass is 19.3. The van der Waals surface area contributed by atoms with E-state index in [2.05, 4.69) is 4.98 Å². The Labute approximate surface area is 72.6 Å². The molecule has 1 heterocycles. The summed E-state index contributed by atoms with van der Waals surface area (Å²) in [6.45, 7) is 1.48. The summed E-state index contributed by atoms with van der Waals surface area (Å²) < 4.78 is 24.3. The number of hydrogen-bond donors (Lipinski definition) is 1. The molecule has 0 radical (unpaired) electrons. The Bertz CT molecular complexity index is 417. The van der Waals surface area contributed by atoms with Crippen LogP contribution in [0.4, 0.5) is 8.78 Å². The average molecular weight is 184 g/mol. The Morgan fingerprint density at radius 2 is 2.23 bits per heavy atom. The monoisotopic (exact) mass is 184 g/mol. The van der Waals surface area contributed by atoms with Gasteiger partial charge in [-0.1, -0.05) is 0 Å². The second-order valence-electron chi connectivity index (χ2n) is 2.49. The van der Waals surface area contributed by atoms with Crippen LogP contribution in [-0.2, 0) is 0 Å². The minimum Gasteiger partial charge on any atom is -0.363 e. The van der Waals surface area contributed by atoms with Crippen LogP contribution in [0.3, 0.4) is 0 Å². The first-order valence-corrected chi connectivity index (χ1v) is 3.48. The highest BCUT2D eigenvalue weighted by Crippen LogP contribution is 2.14. The molecule has 1 aromatic rings. The van der Waals surface area contributed by atoms with Crippen LogP contribution >= 0.6 is 0 Å². The van der Waals surface area contributed by atoms with Gasteiger partial charge in [0.05, 0.1) is 5.56 Å². The zero-order valence-electron chi connectivity index (χ0n) is 6.77. The number of hydrogen-bond acceptors (Lipinski definition) is 2. The minimum atomic E-state index is -2.85. The Hall–Kier alpha value is -1.70. The molecule has 0 bridgehead atoms. The maximum absolute atomic E-state index is 12.1. The summed E-state index contributed by atoms with van der Waals surface area (Å²) in [5, 5.41) is 8.49. The van der Waals surface area contributed by atoms with Gasteiger partial charge < -0.3 is 4.98 Å². The Kier molecular flexibility index (Phi) is 2.42. The molecule has 0 atom stereocenters. The van der Waals surface area contributed by atoms with E-state index in [-0.39, 0.29) is 5.56 Å². The zero-order chi connectivity index (χ0) is 10.0. The zero-order valence-corrected chi connectivity index (χ0v) is 6.77. The average Bonchev–Trinajstić information content (AvgIpc) is 2.04. The van der Waals surface area contributed by atoms with Crippen molar-refractivity contribution in [3.8, 4) is 6.07 Å². The van der Waals surface area contributed by atoms with Crippen LogP contribution in [0.2, 0.25) is 0 Å². The van der Waals surface area contributed by atoms with Crippen molar-refractivity contribution in [1.29, 1.82) is 5.26 Å². The molecule has 0 aliphatic rings. The van der Waals surface area contributed by atoms with Gasteiger partial charge in [0.25, 0.3) is 6.43 Å². The smallest absolute Gasteiger partial charge is 0.269 e. The standard InChI is InChI=1S/C8H6F2N2O/c1-4-5(2-11)7(13)6(3-12-4)8(9)10/h3,8H,1H3,(H,12,13). The van der Waals surface area contributed by atoms with Crippen molar-refractivity contribution in [3.63, 3.8) is 0 Å². The van der Waals surface area contributed by atoms with E-state index in [0.29, 0.717) is 5.69 Å². The molecule has 0 amide bonds. The molecule has 0 saturated carbocycles. The first-order chi connectivity index (χ1) is 6.07. The van der Waals surface area contributed by atoms with Gasteiger partial charge in [0.15, 0.2) is 0 Å². The van der Waals surface area contributed by atoms with Crippen LogP contribution in [0.5, 0.6) is 0 Å². The van der Waals surface area contributed by atoms with E-state index in [4.69, 9.17) is 5.26 Å². The molecule has 68 valence electrons. The third-order valence-electron chi connectivity index (χ3n) is 1.66. The van der Waals surface area contributed by atoms with E-state index < -0.39 is 17.4 Å². The summed E-state index contributed by atoms with van der Waals surface area (Å²) in [4.78, 5) is 13.6. The van der Waals surface area contributed by atoms with Gasteiger partial charge in [-0.2, -0.15) is 5.26 Å². The molecule has 1 N–H and O–H groups in total. The van der Waals surface area contributed by atoms with Gasteiger partial charge in [-0.05, 0) is 6.92 Å². The van der Waals surface area contributed by atoms with Crippen LogP contribution in [0.25, 0.3) is 0 Å². The molecular formula is C8H6F2N2O. The highest BCUT2D eigenvalue weighted by molar-refractivity contribution is 5.35. The lowest BCUT2D eigenvalue weighted by Gasteiger charge is -2.00. The number of halogens is 2. The van der Waals surface area contributed by atoms with Crippen LogP contribution in [0.1, 0.15) is 23.2 Å². The first kappa shape index (κ1) is 9.39. The summed E-state index contributed by atoms with van der Waals surface area (Å²) in [6.07, 6.45) is -1.92. The molecule has 5 heteroatoms. The van der Waals surface area contributed by atoms with Crippen molar-refractivity contribution in [2.24, 2.45) is 0 Å². The number of aromatic nitrogens is 1. The Balaban J connectivity index is 3.48. The summed E-state index contributed by atoms with van der Waals surface area (Å²) in [6, 6.07) is 1.58. The molecular weight excluding hydrogens is 178 g/mol. The van der Waals surface area contributed by atoms with E-state index in [1.165, 1.54) is 6.92 Å². The fourth-order valence-electron chi connectivity index (χ4n) is 0.935. The maximum Gasteiger partial charge on any atom is 0.269 e. The number of nitrogens with zero attached hydrogens (tertiary/aromatic N) is 1. The van der Waals surface area contributed by atoms with Crippen LogP contribution in [-0.4, -0.2) is 4.98 Å². The molecule has 0 aliphatic carbocycles. The number of H-pyrrole nitrogens is 1. The first-order valence-electron chi connectivity index (χ1n) is 3.48. The lowest BCUT2D eigenvalue weighted by Crippen LogP contribution is -2.15. The molecule has 0 aliphatic heterocycles. The van der Waals surface area contributed by atoms with Gasteiger partial charge in [0.2, 0.25) is 5.43 Å². The van der Waals surface area contributed by atoms with Crippen LogP contribution in [0.15, 0.2) is 11.0 Å². The molecule has 0 aromatic carbocycles. The van der Waals surface area contributed by atoms with Gasteiger partial charge in [0, 0.05) is 11.9 Å². The second kappa shape index (κ2) is 3.35. The number of aromatic amines is 1. The van der Waals surface area contributed by atoms with Crippen molar-refractivity contribution in [2.45, 2.75) is 13.3 Å². The van der Waals surface area contributed by atoms with Gasteiger partial charge >= 0.3 is 0 Å². The van der Waals surface area contributed by atoms with Crippen molar-refractivity contribution in [1.82, 2.24) is 4.98 Å². The largest absolute Gasteiger partial charge is 0.363 e. The summed E-state index contributed by atoms with van der Waals surface area (Å²) >= 11 is 0. The lowest BCUT2D eigenvalue weighted by atomic mass is 10.1. The molecule has 1 rings (SSSR count). The van der Waals surface area contributed by atoms with E-state index in [9.17, 15) is 13.6 Å². The van der Waals surface area contributed by atoms with Crippen LogP contribution < -0.4 is 5.43 Å². The quantitative estimate of drug-likeness (QED) is 0.718. The summed E-state index contributed by atoms with van der Waals surface area (Å²) in [7, 11) is 0. The van der Waals surface area contributed by atoms with Gasteiger partial charge in [0.1, 0.15) is 11.6 Å². The van der Waals surface area contributed by atoms with Crippen molar-refractivity contribution in [2.75, 3.05) is 0 Å². The van der Waals surface area contributed by atoms with E-state index >= 15 is 0 Å². The van der Waals surface area contributed by atoms with Crippen molar-refractivity contribution in [3.05, 3.63) is 33.2 Å². The topological polar surface area (TPSA) is 56.6 Å². The molecule has 0 fully saturated rings. The summed E-state index contributed by atoms with van der Waals surface area (Å²) in [5.74, 6) is 0. The Morgan fingerprint density at radius 1 is 1.62 bits per heavy atom. The molecule has 0 unspecified atom stereocenters. The molecule has 1 aromatic heterocycles.